The predicted molar refractivity (Wildman–Crippen MR) is 49.3 cm³/mol. The van der Waals surface area contributed by atoms with E-state index in [-0.39, 0.29) is 6.42 Å². The minimum atomic E-state index is -1.05. The lowest BCUT2D eigenvalue weighted by Crippen LogP contribution is -2.36. The number of nitrogens with zero attached hydrogens (tertiary/aromatic N) is 1. The molecule has 1 aliphatic rings. The molecule has 1 aliphatic heterocycles. The minimum Gasteiger partial charge on any atom is -0.563 e. The summed E-state index contributed by atoms with van der Waals surface area (Å²) in [6.07, 6.45) is -0.288. The first-order valence-corrected chi connectivity index (χ1v) is 4.39. The first-order valence-electron chi connectivity index (χ1n) is 4.39. The van der Waals surface area contributed by atoms with E-state index < -0.39 is 36.5 Å². The molecule has 3 amide bonds. The molecule has 3 N–H and O–H groups in total. The molecule has 88 valence electrons. The monoisotopic (exact) mass is 231 g/mol. The molecule has 16 heavy (non-hydrogen) atoms. The third-order valence-corrected chi connectivity index (χ3v) is 2.01. The lowest BCUT2D eigenvalue weighted by Gasteiger charge is -2.07. The summed E-state index contributed by atoms with van der Waals surface area (Å²) in [5.41, 5.74) is 0. The van der Waals surface area contributed by atoms with Gasteiger partial charge < -0.3 is 15.2 Å². The maximum atomic E-state index is 11.5. The van der Waals surface area contributed by atoms with Crippen LogP contribution in [0.5, 0.6) is 0 Å². The van der Waals surface area contributed by atoms with Crippen LogP contribution in [0.3, 0.4) is 0 Å². The van der Waals surface area contributed by atoms with Crippen LogP contribution in [-0.4, -0.2) is 53.6 Å². The van der Waals surface area contributed by atoms with Gasteiger partial charge in [-0.15, -0.1) is 0 Å². The fourth-order valence-corrected chi connectivity index (χ4v) is 1.26. The molecule has 8 heteroatoms. The molecule has 8 nitrogen and oxygen atoms in total. The molecule has 0 aromatic rings. The summed E-state index contributed by atoms with van der Waals surface area (Å²) in [6.45, 7) is -0.609. The standard InChI is InChI=1S/C8H10N2O6/c1-16-6(13)2-4-7(14)10(3-5(11)12)8(15)9-4/h4H,2-3H2,1H3,(H,9,15)(H,11,12)/p+1. The topological polar surface area (TPSA) is 116 Å². The van der Waals surface area contributed by atoms with Crippen LogP contribution in [0.1, 0.15) is 6.42 Å². The zero-order valence-corrected chi connectivity index (χ0v) is 8.48. The smallest absolute Gasteiger partial charge is 0.536 e. The Kier molecular flexibility index (Phi) is 3.44. The number of methoxy groups -OCH3 is 1. The summed E-state index contributed by atoms with van der Waals surface area (Å²) in [5.74, 6) is -2.39. The Hall–Kier alpha value is -2.12. The number of nitrogens with one attached hydrogen (secondary N) is 1. The van der Waals surface area contributed by atoms with Gasteiger partial charge in [-0.3, -0.25) is 9.59 Å². The maximum Gasteiger partial charge on any atom is 0.536 e. The van der Waals surface area contributed by atoms with Crippen LogP contribution < -0.4 is 5.32 Å². The van der Waals surface area contributed by atoms with Crippen LogP contribution in [0, 0.1) is 0 Å². The van der Waals surface area contributed by atoms with Crippen LogP contribution in [0.15, 0.2) is 0 Å². The van der Waals surface area contributed by atoms with Gasteiger partial charge in [0.05, 0.1) is 13.5 Å². The Morgan fingerprint density at radius 2 is 2.12 bits per heavy atom. The predicted octanol–water partition coefficient (Wildman–Crippen LogP) is -2.28. The number of hydrogen-bond acceptors (Lipinski definition) is 5. The Labute approximate surface area is 90.2 Å². The van der Waals surface area contributed by atoms with E-state index >= 15 is 0 Å². The summed E-state index contributed by atoms with van der Waals surface area (Å²) in [7, 11) is 1.16. The molecular weight excluding hydrogens is 220 g/mol. The van der Waals surface area contributed by atoms with Gasteiger partial charge in [-0.05, 0) is 0 Å². The van der Waals surface area contributed by atoms with Gasteiger partial charge in [0.2, 0.25) is 0 Å². The quantitative estimate of drug-likeness (QED) is 0.332. The van der Waals surface area contributed by atoms with Gasteiger partial charge in [0.1, 0.15) is 6.04 Å². The average Bonchev–Trinajstić information content (AvgIpc) is 2.45. The lowest BCUT2D eigenvalue weighted by atomic mass is 10.2. The number of hydrogen-bond donors (Lipinski definition) is 1. The summed E-state index contributed by atoms with van der Waals surface area (Å²) >= 11 is 0. The van der Waals surface area contributed by atoms with Crippen LogP contribution in [-0.2, 0) is 19.1 Å². The normalized spacial score (nSPS) is 19.6. The molecule has 0 spiro atoms. The fraction of sp³-hybridized carbons (Fsp3) is 0.500. The Bertz CT molecular complexity index is 352. The molecule has 0 bridgehead atoms. The van der Waals surface area contributed by atoms with Crippen molar-refractivity contribution >= 4 is 23.9 Å². The number of imide groups is 1. The largest absolute Gasteiger partial charge is 0.563 e. The molecule has 0 aromatic heterocycles. The number of amides is 3. The molecule has 0 aliphatic carbocycles. The molecule has 1 rings (SSSR count). The molecule has 1 fully saturated rings. The van der Waals surface area contributed by atoms with E-state index in [0.717, 1.165) is 7.11 Å². The molecule has 1 saturated heterocycles. The van der Waals surface area contributed by atoms with Gasteiger partial charge in [-0.1, -0.05) is 0 Å². The highest BCUT2D eigenvalue weighted by Crippen LogP contribution is 2.09. The van der Waals surface area contributed by atoms with E-state index in [1.54, 1.807) is 0 Å². The second kappa shape index (κ2) is 4.60. The second-order valence-electron chi connectivity index (χ2n) is 3.13. The van der Waals surface area contributed by atoms with Gasteiger partial charge in [0, 0.05) is 4.79 Å². The van der Waals surface area contributed by atoms with Crippen molar-refractivity contribution in [2.24, 2.45) is 0 Å². The molecule has 1 heterocycles. The number of carbonyl (C=O) groups is 4. The highest BCUT2D eigenvalue weighted by molar-refractivity contribution is 6.07. The van der Waals surface area contributed by atoms with Crippen LogP contribution in [0.2, 0.25) is 0 Å². The van der Waals surface area contributed by atoms with Gasteiger partial charge in [-0.2, -0.15) is 0 Å². The third kappa shape index (κ3) is 2.47. The first kappa shape index (κ1) is 12.0. The number of ether oxygens (including phenoxy) is 1. The molecule has 1 atom stereocenters. The van der Waals surface area contributed by atoms with Crippen molar-refractivity contribution in [2.75, 3.05) is 13.7 Å². The van der Waals surface area contributed by atoms with Crippen LogP contribution >= 0.6 is 0 Å². The van der Waals surface area contributed by atoms with Crippen molar-refractivity contribution in [3.05, 3.63) is 0 Å². The van der Waals surface area contributed by atoms with Crippen molar-refractivity contribution in [3.8, 4) is 0 Å². The average molecular weight is 231 g/mol. The van der Waals surface area contributed by atoms with E-state index in [2.05, 4.69) is 10.1 Å². The second-order valence-corrected chi connectivity index (χ2v) is 3.13. The Morgan fingerprint density at radius 3 is 2.62 bits per heavy atom. The highest BCUT2D eigenvalue weighted by atomic mass is 16.5. The van der Waals surface area contributed by atoms with Crippen LogP contribution in [0.25, 0.3) is 0 Å². The van der Waals surface area contributed by atoms with Gasteiger partial charge in [0.15, 0.2) is 6.54 Å². The zero-order chi connectivity index (χ0) is 12.3. The Morgan fingerprint density at radius 1 is 1.50 bits per heavy atom. The molecule has 0 aromatic carbocycles. The molecule has 1 unspecified atom stereocenters. The lowest BCUT2D eigenvalue weighted by molar-refractivity contribution is -0.144. The number of carbonyl (C=O) groups excluding carboxylic acids is 4. The summed E-state index contributed by atoms with van der Waals surface area (Å²) in [5, 5.41) is 8.89. The zero-order valence-electron chi connectivity index (χ0n) is 8.48. The van der Waals surface area contributed by atoms with E-state index in [1.165, 1.54) is 0 Å². The Balaban J connectivity index is 2.66. The first-order chi connectivity index (χ1) is 7.45. The van der Waals surface area contributed by atoms with E-state index in [4.69, 9.17) is 5.11 Å². The maximum absolute atomic E-state index is 11.5. The minimum absolute atomic E-state index is 0.288. The van der Waals surface area contributed by atoms with E-state index in [1.807, 2.05) is 0 Å². The third-order valence-electron chi connectivity index (χ3n) is 2.01. The van der Waals surface area contributed by atoms with E-state index in [9.17, 15) is 19.2 Å². The van der Waals surface area contributed by atoms with Gasteiger partial charge in [-0.25, -0.2) is 9.69 Å². The number of esters is 1. The summed E-state index contributed by atoms with van der Waals surface area (Å²) < 4.78 is 4.35. The van der Waals surface area contributed by atoms with Crippen molar-refractivity contribution in [1.29, 1.82) is 0 Å². The number of urea groups is 1. The fourth-order valence-electron chi connectivity index (χ4n) is 1.26. The van der Waals surface area contributed by atoms with Crippen molar-refractivity contribution in [2.45, 2.75) is 12.5 Å². The van der Waals surface area contributed by atoms with Crippen molar-refractivity contribution in [3.63, 3.8) is 0 Å². The van der Waals surface area contributed by atoms with E-state index in [0.29, 0.717) is 4.90 Å². The van der Waals surface area contributed by atoms with Crippen molar-refractivity contribution in [1.82, 2.24) is 10.2 Å². The molecular formula is C8H11N2O6+. The highest BCUT2D eigenvalue weighted by Gasteiger charge is 2.41. The summed E-state index contributed by atoms with van der Waals surface area (Å²) in [4.78, 5) is 44.7. The molecule has 0 saturated carbocycles. The number of rotatable bonds is 4. The van der Waals surface area contributed by atoms with Gasteiger partial charge in [0.25, 0.3) is 5.91 Å². The van der Waals surface area contributed by atoms with Crippen molar-refractivity contribution < 1.29 is 29.0 Å². The SMILES string of the molecule is COC(=O)CC1NC(=O)N(CC(=O)[OH2+])C1=O. The van der Waals surface area contributed by atoms with Crippen LogP contribution in [0.4, 0.5) is 4.79 Å². The molecule has 0 radical (unpaired) electrons. The summed E-state index contributed by atoms with van der Waals surface area (Å²) in [6, 6.07) is -1.79. The van der Waals surface area contributed by atoms with Gasteiger partial charge >= 0.3 is 18.0 Å².